The van der Waals surface area contributed by atoms with Gasteiger partial charge in [0.2, 0.25) is 0 Å². The average Bonchev–Trinajstić information content (AvgIpc) is 3.14. The normalized spacial score (nSPS) is 17.2. The molecule has 0 saturated carbocycles. The van der Waals surface area contributed by atoms with Crippen molar-refractivity contribution in [1.29, 1.82) is 0 Å². The Balaban J connectivity index is 1.80. The quantitative estimate of drug-likeness (QED) is 0.635. The Kier molecular flexibility index (Phi) is 4.73. The summed E-state index contributed by atoms with van der Waals surface area (Å²) in [4.78, 5) is 45.2. The number of esters is 1. The summed E-state index contributed by atoms with van der Waals surface area (Å²) in [5, 5.41) is 2.68. The SMILES string of the molecule is Cc1cc(N2C(=O)N[C@@H](Cc3cnc[nH]3)C2=O)ccc1C(=O)OC(C)(C)C. The molecule has 8 heteroatoms. The Morgan fingerprint density at radius 3 is 2.63 bits per heavy atom. The van der Waals surface area contributed by atoms with Crippen LogP contribution in [0.4, 0.5) is 10.5 Å². The fraction of sp³-hybridized carbons (Fsp3) is 0.368. The fourth-order valence-corrected chi connectivity index (χ4v) is 2.88. The number of hydrogen-bond acceptors (Lipinski definition) is 5. The second-order valence-corrected chi connectivity index (χ2v) is 7.46. The topological polar surface area (TPSA) is 104 Å². The van der Waals surface area contributed by atoms with Crippen LogP contribution in [0.3, 0.4) is 0 Å². The zero-order chi connectivity index (χ0) is 19.8. The molecule has 1 aliphatic heterocycles. The Morgan fingerprint density at radius 1 is 1.30 bits per heavy atom. The standard InChI is InChI=1S/C19H22N4O4/c1-11-7-13(5-6-14(11)17(25)27-19(2,3)4)23-16(24)15(22-18(23)26)8-12-9-20-10-21-12/h5-7,9-10,15H,8H2,1-4H3,(H,20,21)(H,22,26)/t15-/m0/s1. The Hall–Kier alpha value is -3.16. The van der Waals surface area contributed by atoms with Crippen LogP contribution in [-0.2, 0) is 16.0 Å². The third-order valence-electron chi connectivity index (χ3n) is 4.09. The Morgan fingerprint density at radius 2 is 2.04 bits per heavy atom. The third-order valence-corrected chi connectivity index (χ3v) is 4.09. The minimum Gasteiger partial charge on any atom is -0.456 e. The number of anilines is 1. The number of carbonyl (C=O) groups excluding carboxylic acids is 3. The predicted octanol–water partition coefficient (Wildman–Crippen LogP) is 2.34. The van der Waals surface area contributed by atoms with Crippen LogP contribution in [0.5, 0.6) is 0 Å². The lowest BCUT2D eigenvalue weighted by molar-refractivity contribution is -0.118. The van der Waals surface area contributed by atoms with Crippen molar-refractivity contribution in [3.05, 3.63) is 47.5 Å². The highest BCUT2D eigenvalue weighted by Gasteiger charge is 2.39. The molecule has 2 aromatic rings. The van der Waals surface area contributed by atoms with Crippen LogP contribution in [0, 0.1) is 6.92 Å². The monoisotopic (exact) mass is 370 g/mol. The molecule has 3 rings (SSSR count). The van der Waals surface area contributed by atoms with Gasteiger partial charge in [0.15, 0.2) is 0 Å². The van der Waals surface area contributed by atoms with Crippen molar-refractivity contribution in [2.75, 3.05) is 4.90 Å². The molecule has 2 heterocycles. The lowest BCUT2D eigenvalue weighted by Crippen LogP contribution is -2.32. The van der Waals surface area contributed by atoms with E-state index in [-0.39, 0.29) is 5.91 Å². The zero-order valence-corrected chi connectivity index (χ0v) is 15.7. The maximum absolute atomic E-state index is 12.7. The molecule has 0 bridgehead atoms. The van der Waals surface area contributed by atoms with Gasteiger partial charge in [-0.2, -0.15) is 0 Å². The van der Waals surface area contributed by atoms with Gasteiger partial charge in [-0.25, -0.2) is 19.5 Å². The first-order chi connectivity index (χ1) is 12.7. The number of aryl methyl sites for hydroxylation is 1. The summed E-state index contributed by atoms with van der Waals surface area (Å²) in [7, 11) is 0. The van der Waals surface area contributed by atoms with Gasteiger partial charge in [0, 0.05) is 18.3 Å². The lowest BCUT2D eigenvalue weighted by Gasteiger charge is -2.21. The first-order valence-corrected chi connectivity index (χ1v) is 8.61. The highest BCUT2D eigenvalue weighted by atomic mass is 16.6. The molecule has 1 aliphatic rings. The maximum Gasteiger partial charge on any atom is 0.338 e. The van der Waals surface area contributed by atoms with E-state index in [0.29, 0.717) is 23.2 Å². The van der Waals surface area contributed by atoms with E-state index in [1.165, 1.54) is 6.33 Å². The number of imide groups is 1. The van der Waals surface area contributed by atoms with Crippen molar-refractivity contribution < 1.29 is 19.1 Å². The molecule has 1 fully saturated rings. The van der Waals surface area contributed by atoms with Crippen molar-refractivity contribution in [2.24, 2.45) is 0 Å². The van der Waals surface area contributed by atoms with E-state index in [9.17, 15) is 14.4 Å². The molecule has 3 amide bonds. The van der Waals surface area contributed by atoms with Crippen molar-refractivity contribution in [2.45, 2.75) is 45.8 Å². The van der Waals surface area contributed by atoms with E-state index in [1.54, 1.807) is 52.1 Å². The molecule has 1 atom stereocenters. The number of aromatic amines is 1. The van der Waals surface area contributed by atoms with Crippen LogP contribution in [0.1, 0.15) is 42.4 Å². The Labute approximate surface area is 156 Å². The predicted molar refractivity (Wildman–Crippen MR) is 98.4 cm³/mol. The molecule has 1 saturated heterocycles. The number of rotatable bonds is 4. The van der Waals surface area contributed by atoms with Crippen LogP contribution in [0.2, 0.25) is 0 Å². The zero-order valence-electron chi connectivity index (χ0n) is 15.7. The van der Waals surface area contributed by atoms with Gasteiger partial charge >= 0.3 is 12.0 Å². The summed E-state index contributed by atoms with van der Waals surface area (Å²) in [6.07, 6.45) is 3.46. The van der Waals surface area contributed by atoms with Crippen LogP contribution >= 0.6 is 0 Å². The fourth-order valence-electron chi connectivity index (χ4n) is 2.88. The first kappa shape index (κ1) is 18.6. The molecule has 142 valence electrons. The number of ether oxygens (including phenoxy) is 1. The van der Waals surface area contributed by atoms with Crippen LogP contribution in [-0.4, -0.2) is 39.5 Å². The van der Waals surface area contributed by atoms with E-state index in [4.69, 9.17) is 4.74 Å². The maximum atomic E-state index is 12.7. The number of nitrogens with one attached hydrogen (secondary N) is 2. The number of carbonyl (C=O) groups is 3. The van der Waals surface area contributed by atoms with E-state index < -0.39 is 23.6 Å². The van der Waals surface area contributed by atoms with E-state index in [1.807, 2.05) is 0 Å². The molecule has 0 unspecified atom stereocenters. The minimum absolute atomic E-state index is 0.329. The van der Waals surface area contributed by atoms with Gasteiger partial charge in [0.05, 0.1) is 17.6 Å². The summed E-state index contributed by atoms with van der Waals surface area (Å²) in [5.74, 6) is -0.792. The average molecular weight is 370 g/mol. The van der Waals surface area contributed by atoms with Crippen molar-refractivity contribution in [1.82, 2.24) is 15.3 Å². The van der Waals surface area contributed by atoms with Gasteiger partial charge in [-0.15, -0.1) is 0 Å². The summed E-state index contributed by atoms with van der Waals surface area (Å²) in [5.41, 5.74) is 1.59. The molecule has 1 aromatic heterocycles. The van der Waals surface area contributed by atoms with Crippen LogP contribution in [0.15, 0.2) is 30.7 Å². The molecular weight excluding hydrogens is 348 g/mol. The number of hydrogen-bond donors (Lipinski definition) is 2. The van der Waals surface area contributed by atoms with Crippen molar-refractivity contribution >= 4 is 23.6 Å². The molecule has 2 N–H and O–H groups in total. The minimum atomic E-state index is -0.663. The number of benzene rings is 1. The highest BCUT2D eigenvalue weighted by Crippen LogP contribution is 2.25. The smallest absolute Gasteiger partial charge is 0.338 e. The number of nitrogens with zero attached hydrogens (tertiary/aromatic N) is 2. The summed E-state index contributed by atoms with van der Waals surface area (Å²) >= 11 is 0. The number of aromatic nitrogens is 2. The van der Waals surface area contributed by atoms with Gasteiger partial charge in [-0.1, -0.05) is 0 Å². The van der Waals surface area contributed by atoms with Crippen molar-refractivity contribution in [3.63, 3.8) is 0 Å². The van der Waals surface area contributed by atoms with E-state index in [0.717, 1.165) is 10.6 Å². The van der Waals surface area contributed by atoms with Gasteiger partial charge in [0.1, 0.15) is 11.6 Å². The largest absolute Gasteiger partial charge is 0.456 e. The van der Waals surface area contributed by atoms with Gasteiger partial charge in [-0.3, -0.25) is 4.79 Å². The number of urea groups is 1. The van der Waals surface area contributed by atoms with E-state index >= 15 is 0 Å². The second kappa shape index (κ2) is 6.86. The second-order valence-electron chi connectivity index (χ2n) is 7.46. The van der Waals surface area contributed by atoms with Crippen LogP contribution < -0.4 is 10.2 Å². The van der Waals surface area contributed by atoms with Crippen molar-refractivity contribution in [3.8, 4) is 0 Å². The summed E-state index contributed by atoms with van der Waals surface area (Å²) < 4.78 is 5.38. The summed E-state index contributed by atoms with van der Waals surface area (Å²) in [6, 6.07) is 3.62. The third kappa shape index (κ3) is 3.99. The molecule has 0 spiro atoms. The molecule has 27 heavy (non-hydrogen) atoms. The van der Waals surface area contributed by atoms with E-state index in [2.05, 4.69) is 15.3 Å². The van der Waals surface area contributed by atoms with Gasteiger partial charge in [0.25, 0.3) is 5.91 Å². The number of H-pyrrole nitrogens is 1. The van der Waals surface area contributed by atoms with Gasteiger partial charge in [-0.05, 0) is 51.5 Å². The molecule has 1 aromatic carbocycles. The highest BCUT2D eigenvalue weighted by molar-refractivity contribution is 6.21. The number of amides is 3. The van der Waals surface area contributed by atoms with Crippen LogP contribution in [0.25, 0.3) is 0 Å². The molecular formula is C19H22N4O4. The molecule has 0 radical (unpaired) electrons. The van der Waals surface area contributed by atoms with Gasteiger partial charge < -0.3 is 15.0 Å². The first-order valence-electron chi connectivity index (χ1n) is 8.61. The lowest BCUT2D eigenvalue weighted by atomic mass is 10.1. The molecule has 0 aliphatic carbocycles. The Bertz CT molecular complexity index is 884. The number of imidazole rings is 1. The molecule has 8 nitrogen and oxygen atoms in total. The summed E-state index contributed by atoms with van der Waals surface area (Å²) in [6.45, 7) is 7.12.